The van der Waals surface area contributed by atoms with E-state index in [2.05, 4.69) is 9.69 Å². The van der Waals surface area contributed by atoms with Crippen LogP contribution in [-0.4, -0.2) is 28.1 Å². The van der Waals surface area contributed by atoms with E-state index in [1.54, 1.807) is 24.3 Å². The number of amides is 3. The van der Waals surface area contributed by atoms with Crippen molar-refractivity contribution in [1.82, 2.24) is 9.69 Å². The van der Waals surface area contributed by atoms with Gasteiger partial charge in [-0.2, -0.15) is 4.37 Å². The lowest BCUT2D eigenvalue weighted by Crippen LogP contribution is -2.46. The summed E-state index contributed by atoms with van der Waals surface area (Å²) in [4.78, 5) is 41.1. The Morgan fingerprint density at radius 1 is 1.09 bits per heavy atom. The highest BCUT2D eigenvalue weighted by atomic mass is 32.1. The predicted molar refractivity (Wildman–Crippen MR) is 126 cm³/mol. The lowest BCUT2D eigenvalue weighted by molar-refractivity contribution is -0.123. The number of nitrogens with one attached hydrogen (secondary N) is 1. The summed E-state index contributed by atoms with van der Waals surface area (Å²) >= 11 is 2.19. The maximum Gasteiger partial charge on any atom is 0.273 e. The van der Waals surface area contributed by atoms with Gasteiger partial charge in [0.25, 0.3) is 11.8 Å². The Balaban J connectivity index is 1.79. The van der Waals surface area contributed by atoms with E-state index >= 15 is 0 Å². The fourth-order valence-electron chi connectivity index (χ4n) is 3.88. The van der Waals surface area contributed by atoms with Crippen LogP contribution in [0.25, 0.3) is 0 Å². The number of hydrogen-bond acceptors (Lipinski definition) is 7. The van der Waals surface area contributed by atoms with E-state index in [1.165, 1.54) is 16.2 Å². The predicted octanol–water partition coefficient (Wildman–Crippen LogP) is 3.33. The van der Waals surface area contributed by atoms with Crippen LogP contribution in [0.15, 0.2) is 47.8 Å². The molecule has 8 nitrogen and oxygen atoms in total. The van der Waals surface area contributed by atoms with Crippen LogP contribution in [-0.2, 0) is 4.79 Å². The van der Waals surface area contributed by atoms with Gasteiger partial charge in [0.2, 0.25) is 5.91 Å². The summed E-state index contributed by atoms with van der Waals surface area (Å²) < 4.78 is 3.96. The van der Waals surface area contributed by atoms with Crippen LogP contribution >= 0.6 is 22.9 Å². The molecule has 0 saturated heterocycles. The number of nitrogens with two attached hydrogens (primary N) is 2. The number of rotatable bonds is 7. The van der Waals surface area contributed by atoms with Crippen molar-refractivity contribution in [3.63, 3.8) is 0 Å². The highest BCUT2D eigenvalue weighted by Gasteiger charge is 2.37. The molecule has 10 heteroatoms. The van der Waals surface area contributed by atoms with E-state index in [0.29, 0.717) is 5.69 Å². The van der Waals surface area contributed by atoms with Crippen molar-refractivity contribution >= 4 is 52.0 Å². The summed E-state index contributed by atoms with van der Waals surface area (Å²) in [6.45, 7) is 0. The standard InChI is InChI=1S/C22H23N5O3S2/c23-16-17(20(24)28)26-32-19(16)22(30)27(14-9-2-1-3-10-14)18(15-11-6-12-31-15)21(29)25-13-7-4-5-8-13/h1-3,6,9-13,18H,4-5,7-8,23H2,(H2,24,28)(H,25,29)/t18-/m1/s1. The van der Waals surface area contributed by atoms with E-state index < -0.39 is 17.9 Å². The molecule has 1 aliphatic carbocycles. The fraction of sp³-hybridized carbons (Fsp3) is 0.273. The zero-order valence-corrected chi connectivity index (χ0v) is 18.8. The van der Waals surface area contributed by atoms with E-state index in [0.717, 1.165) is 42.1 Å². The van der Waals surface area contributed by atoms with Gasteiger partial charge in [-0.1, -0.05) is 37.1 Å². The molecule has 1 fully saturated rings. The maximum absolute atomic E-state index is 13.8. The second-order valence-corrected chi connectivity index (χ2v) is 9.31. The number of aromatic nitrogens is 1. The second-order valence-electron chi connectivity index (χ2n) is 7.56. The molecule has 166 valence electrons. The van der Waals surface area contributed by atoms with Crippen molar-refractivity contribution in [2.24, 2.45) is 5.73 Å². The van der Waals surface area contributed by atoms with Crippen molar-refractivity contribution in [3.8, 4) is 0 Å². The molecule has 1 aliphatic rings. The van der Waals surface area contributed by atoms with Gasteiger partial charge < -0.3 is 16.8 Å². The highest BCUT2D eigenvalue weighted by molar-refractivity contribution is 7.10. The minimum absolute atomic E-state index is 0.0675. The number of nitrogens with zero attached hydrogens (tertiary/aromatic N) is 2. The molecule has 3 amide bonds. The normalized spacial score (nSPS) is 14.8. The Morgan fingerprint density at radius 3 is 2.41 bits per heavy atom. The smallest absolute Gasteiger partial charge is 0.273 e. The van der Waals surface area contributed by atoms with Crippen LogP contribution in [0, 0.1) is 0 Å². The molecule has 4 rings (SSSR count). The van der Waals surface area contributed by atoms with Gasteiger partial charge in [0.1, 0.15) is 4.88 Å². The summed E-state index contributed by atoms with van der Waals surface area (Å²) in [5.74, 6) is -1.58. The highest BCUT2D eigenvalue weighted by Crippen LogP contribution is 2.35. The molecule has 1 aromatic carbocycles. The Bertz CT molecular complexity index is 1110. The fourth-order valence-corrected chi connectivity index (χ4v) is 5.44. The quantitative estimate of drug-likeness (QED) is 0.488. The van der Waals surface area contributed by atoms with Gasteiger partial charge in [-0.05, 0) is 48.0 Å². The first-order valence-corrected chi connectivity index (χ1v) is 11.9. The number of benzene rings is 1. The van der Waals surface area contributed by atoms with E-state index in [-0.39, 0.29) is 28.2 Å². The van der Waals surface area contributed by atoms with Crippen molar-refractivity contribution in [3.05, 3.63) is 63.3 Å². The Kier molecular flexibility index (Phi) is 6.52. The van der Waals surface area contributed by atoms with Crippen LogP contribution in [0.4, 0.5) is 11.4 Å². The third kappa shape index (κ3) is 4.37. The average Bonchev–Trinajstić information content (AvgIpc) is 3.54. The SMILES string of the molecule is NC(=O)c1nsc(C(=O)N(c2ccccc2)[C@@H](C(=O)NC2CCCC2)c2cccs2)c1N. The van der Waals surface area contributed by atoms with Crippen LogP contribution in [0.2, 0.25) is 0 Å². The van der Waals surface area contributed by atoms with Crippen molar-refractivity contribution in [2.45, 2.75) is 37.8 Å². The van der Waals surface area contributed by atoms with Crippen molar-refractivity contribution in [1.29, 1.82) is 0 Å². The molecule has 0 spiro atoms. The monoisotopic (exact) mass is 469 g/mol. The number of nitrogen functional groups attached to an aromatic ring is 1. The van der Waals surface area contributed by atoms with E-state index in [4.69, 9.17) is 11.5 Å². The number of carbonyl (C=O) groups is 3. The molecular formula is C22H23N5O3S2. The largest absolute Gasteiger partial charge is 0.395 e. The molecule has 3 aromatic rings. The first-order valence-electron chi connectivity index (χ1n) is 10.2. The van der Waals surface area contributed by atoms with E-state index in [1.807, 2.05) is 23.6 Å². The minimum atomic E-state index is -0.899. The topological polar surface area (TPSA) is 131 Å². The number of carbonyl (C=O) groups excluding carboxylic acids is 3. The van der Waals surface area contributed by atoms with Gasteiger partial charge >= 0.3 is 0 Å². The zero-order chi connectivity index (χ0) is 22.7. The summed E-state index contributed by atoms with van der Waals surface area (Å²) in [5, 5.41) is 4.98. The Morgan fingerprint density at radius 2 is 1.81 bits per heavy atom. The first kappa shape index (κ1) is 22.0. The number of primary amides is 1. The third-order valence-electron chi connectivity index (χ3n) is 5.43. The minimum Gasteiger partial charge on any atom is -0.395 e. The lowest BCUT2D eigenvalue weighted by atomic mass is 10.1. The molecule has 0 unspecified atom stereocenters. The average molecular weight is 470 g/mol. The number of para-hydroxylation sites is 1. The van der Waals surface area contributed by atoms with Crippen LogP contribution < -0.4 is 21.7 Å². The van der Waals surface area contributed by atoms with Gasteiger partial charge in [0, 0.05) is 16.6 Å². The molecular weight excluding hydrogens is 446 g/mol. The number of thiophene rings is 1. The third-order valence-corrected chi connectivity index (χ3v) is 7.21. The van der Waals surface area contributed by atoms with E-state index in [9.17, 15) is 14.4 Å². The van der Waals surface area contributed by atoms with Gasteiger partial charge in [0.15, 0.2) is 11.7 Å². The van der Waals surface area contributed by atoms with Crippen molar-refractivity contribution < 1.29 is 14.4 Å². The molecule has 1 saturated carbocycles. The zero-order valence-electron chi connectivity index (χ0n) is 17.2. The number of anilines is 2. The van der Waals surface area contributed by atoms with Crippen LogP contribution in [0.1, 0.15) is 56.8 Å². The van der Waals surface area contributed by atoms with Gasteiger partial charge in [-0.25, -0.2) is 0 Å². The molecule has 5 N–H and O–H groups in total. The lowest BCUT2D eigenvalue weighted by Gasteiger charge is -2.31. The molecule has 2 aromatic heterocycles. The van der Waals surface area contributed by atoms with Crippen LogP contribution in [0.3, 0.4) is 0 Å². The van der Waals surface area contributed by atoms with Crippen LogP contribution in [0.5, 0.6) is 0 Å². The second kappa shape index (κ2) is 9.49. The van der Waals surface area contributed by atoms with Gasteiger partial charge in [-0.15, -0.1) is 11.3 Å². The molecule has 0 radical (unpaired) electrons. The first-order chi connectivity index (χ1) is 15.5. The van der Waals surface area contributed by atoms with Gasteiger partial charge in [0.05, 0.1) is 5.69 Å². The molecule has 1 atom stereocenters. The Hall–Kier alpha value is -3.24. The summed E-state index contributed by atoms with van der Waals surface area (Å²) in [7, 11) is 0. The molecule has 0 bridgehead atoms. The Labute approximate surface area is 193 Å². The summed E-state index contributed by atoms with van der Waals surface area (Å²) in [5.41, 5.74) is 11.7. The number of hydrogen-bond donors (Lipinski definition) is 3. The summed E-state index contributed by atoms with van der Waals surface area (Å²) in [6.07, 6.45) is 3.99. The van der Waals surface area contributed by atoms with Gasteiger partial charge in [-0.3, -0.25) is 19.3 Å². The summed E-state index contributed by atoms with van der Waals surface area (Å²) in [6, 6.07) is 11.8. The molecule has 32 heavy (non-hydrogen) atoms. The molecule has 2 heterocycles. The van der Waals surface area contributed by atoms with Crippen molar-refractivity contribution in [2.75, 3.05) is 10.6 Å². The maximum atomic E-state index is 13.8. The molecule has 0 aliphatic heterocycles.